The molecule has 0 unspecified atom stereocenters. The van der Waals surface area contributed by atoms with Crippen molar-refractivity contribution in [1.29, 1.82) is 0 Å². The number of aromatic amines is 1. The Bertz CT molecular complexity index is 1660. The quantitative estimate of drug-likeness (QED) is 0.357. The van der Waals surface area contributed by atoms with Gasteiger partial charge in [-0.2, -0.15) is 5.10 Å². The van der Waals surface area contributed by atoms with Crippen molar-refractivity contribution in [2.75, 3.05) is 26.2 Å². The van der Waals surface area contributed by atoms with E-state index in [-0.39, 0.29) is 6.04 Å². The Balaban J connectivity index is 0.961. The number of aromatic nitrogens is 6. The lowest BCUT2D eigenvalue weighted by atomic mass is 9.96. The van der Waals surface area contributed by atoms with Crippen LogP contribution in [0.4, 0.5) is 8.78 Å². The van der Waals surface area contributed by atoms with Crippen molar-refractivity contribution in [1.82, 2.24) is 39.5 Å². The van der Waals surface area contributed by atoms with Gasteiger partial charge < -0.3 is 9.88 Å². The molecule has 0 atom stereocenters. The van der Waals surface area contributed by atoms with Crippen LogP contribution in [-0.2, 0) is 0 Å². The van der Waals surface area contributed by atoms with Gasteiger partial charge in [-0.3, -0.25) is 19.4 Å². The Hall–Kier alpha value is -4.51. The normalized spacial score (nSPS) is 16.9. The number of carbonyl (C=O) groups is 1. The molecule has 2 aliphatic heterocycles. The number of likely N-dealkylation sites (tertiary alicyclic amines) is 2. The Kier molecular flexibility index (Phi) is 6.07. The number of hydrogen-bond acceptors (Lipinski definition) is 6. The van der Waals surface area contributed by atoms with Crippen molar-refractivity contribution >= 4 is 16.9 Å². The van der Waals surface area contributed by atoms with E-state index in [1.54, 1.807) is 29.6 Å². The smallest absolute Gasteiger partial charge is 0.259 e. The van der Waals surface area contributed by atoms with Crippen LogP contribution in [0.25, 0.3) is 33.4 Å². The summed E-state index contributed by atoms with van der Waals surface area (Å²) in [5.41, 5.74) is 3.04. The number of piperidine rings is 1. The van der Waals surface area contributed by atoms with E-state index in [0.717, 1.165) is 48.2 Å². The first-order chi connectivity index (χ1) is 19.5. The van der Waals surface area contributed by atoms with Crippen LogP contribution >= 0.6 is 0 Å². The minimum Gasteiger partial charge on any atom is -0.346 e. The minimum atomic E-state index is -0.852. The zero-order valence-corrected chi connectivity index (χ0v) is 21.5. The molecule has 6 heterocycles. The molecule has 2 saturated heterocycles. The fourth-order valence-electron chi connectivity index (χ4n) is 5.79. The van der Waals surface area contributed by atoms with Crippen LogP contribution in [0, 0.1) is 11.6 Å². The molecule has 2 aliphatic rings. The molecular weight excluding hydrogens is 514 g/mol. The fourth-order valence-corrected chi connectivity index (χ4v) is 5.79. The highest BCUT2D eigenvalue weighted by Crippen LogP contribution is 2.31. The third kappa shape index (κ3) is 4.32. The number of hydrogen-bond donors (Lipinski definition) is 1. The summed E-state index contributed by atoms with van der Waals surface area (Å²) in [6, 6.07) is 8.36. The molecular formula is C29H26F2N8O. The zero-order valence-electron chi connectivity index (χ0n) is 21.5. The van der Waals surface area contributed by atoms with Gasteiger partial charge in [0.2, 0.25) is 0 Å². The molecule has 0 radical (unpaired) electrons. The zero-order chi connectivity index (χ0) is 27.2. The first-order valence-electron chi connectivity index (χ1n) is 13.3. The molecule has 1 aromatic carbocycles. The van der Waals surface area contributed by atoms with Crippen molar-refractivity contribution in [2.24, 2.45) is 0 Å². The SMILES string of the molecule is O=C(c1c(F)cc(-c2cccnc2)cc1F)N1CCC(N2CC(n3cc(-c4ncnc5[nH]ccc45)cn3)C2)CC1. The lowest BCUT2D eigenvalue weighted by Crippen LogP contribution is -2.56. The highest BCUT2D eigenvalue weighted by Gasteiger charge is 2.37. The molecule has 9 nitrogen and oxygen atoms in total. The molecule has 0 aliphatic carbocycles. The number of halogens is 2. The largest absolute Gasteiger partial charge is 0.346 e. The summed E-state index contributed by atoms with van der Waals surface area (Å²) in [7, 11) is 0. The van der Waals surface area contributed by atoms with Gasteiger partial charge >= 0.3 is 0 Å². The molecule has 0 bridgehead atoms. The third-order valence-electron chi connectivity index (χ3n) is 8.01. The van der Waals surface area contributed by atoms with E-state index in [9.17, 15) is 13.6 Å². The number of benzene rings is 1. The van der Waals surface area contributed by atoms with E-state index in [4.69, 9.17) is 0 Å². The van der Waals surface area contributed by atoms with E-state index >= 15 is 0 Å². The van der Waals surface area contributed by atoms with Gasteiger partial charge in [0.15, 0.2) is 0 Å². The van der Waals surface area contributed by atoms with Gasteiger partial charge in [-0.05, 0) is 42.7 Å². The highest BCUT2D eigenvalue weighted by atomic mass is 19.1. The van der Waals surface area contributed by atoms with E-state index in [2.05, 4.69) is 29.9 Å². The average Bonchev–Trinajstić information content (AvgIpc) is 3.63. The van der Waals surface area contributed by atoms with E-state index in [1.165, 1.54) is 18.3 Å². The summed E-state index contributed by atoms with van der Waals surface area (Å²) in [5, 5.41) is 5.55. The molecule has 40 heavy (non-hydrogen) atoms. The predicted molar refractivity (Wildman–Crippen MR) is 144 cm³/mol. The van der Waals surface area contributed by atoms with E-state index in [0.29, 0.717) is 30.3 Å². The second-order valence-corrected chi connectivity index (χ2v) is 10.4. The maximum atomic E-state index is 14.9. The monoisotopic (exact) mass is 540 g/mol. The van der Waals surface area contributed by atoms with E-state index < -0.39 is 23.1 Å². The van der Waals surface area contributed by atoms with Crippen LogP contribution in [0.2, 0.25) is 0 Å². The summed E-state index contributed by atoms with van der Waals surface area (Å²) >= 11 is 0. The van der Waals surface area contributed by atoms with Crippen LogP contribution in [0.1, 0.15) is 29.2 Å². The van der Waals surface area contributed by atoms with Crippen molar-refractivity contribution in [2.45, 2.75) is 24.9 Å². The van der Waals surface area contributed by atoms with Gasteiger partial charge in [0.1, 0.15) is 29.2 Å². The molecule has 202 valence electrons. The molecule has 5 aromatic rings. The van der Waals surface area contributed by atoms with Crippen LogP contribution in [0.5, 0.6) is 0 Å². The summed E-state index contributed by atoms with van der Waals surface area (Å²) in [4.78, 5) is 32.8. The number of rotatable bonds is 5. The van der Waals surface area contributed by atoms with Crippen molar-refractivity contribution < 1.29 is 13.6 Å². The lowest BCUT2D eigenvalue weighted by Gasteiger charge is -2.47. The second kappa shape index (κ2) is 9.91. The molecule has 0 saturated carbocycles. The second-order valence-electron chi connectivity index (χ2n) is 10.4. The van der Waals surface area contributed by atoms with Crippen LogP contribution in [0.15, 0.2) is 67.6 Å². The van der Waals surface area contributed by atoms with Gasteiger partial charge in [-0.25, -0.2) is 18.7 Å². The lowest BCUT2D eigenvalue weighted by molar-refractivity contribution is 0.0195. The Morgan fingerprint density at radius 2 is 1.75 bits per heavy atom. The standard InChI is InChI=1S/C29H26F2N8O/c30-24-10-19(18-2-1-6-32-12-18)11-25(31)26(24)29(40)37-8-4-21(5-9-37)38-15-22(16-38)39-14-20(13-36-39)27-23-3-7-33-28(23)35-17-34-27/h1-3,6-7,10-14,17,21-22H,4-5,8-9,15-16H2,(H,33,34,35). The van der Waals surface area contributed by atoms with Gasteiger partial charge in [0.05, 0.1) is 17.9 Å². The Morgan fingerprint density at radius 1 is 0.950 bits per heavy atom. The minimum absolute atomic E-state index is 0.262. The fraction of sp³-hybridized carbons (Fsp3) is 0.276. The molecule has 11 heteroatoms. The number of nitrogens with zero attached hydrogens (tertiary/aromatic N) is 7. The van der Waals surface area contributed by atoms with Gasteiger partial charge in [0, 0.05) is 73.5 Å². The van der Waals surface area contributed by atoms with Crippen molar-refractivity contribution in [3.63, 3.8) is 0 Å². The number of pyridine rings is 1. The van der Waals surface area contributed by atoms with Crippen LogP contribution < -0.4 is 0 Å². The number of amides is 1. The van der Waals surface area contributed by atoms with Crippen LogP contribution in [0.3, 0.4) is 0 Å². The highest BCUT2D eigenvalue weighted by molar-refractivity contribution is 5.95. The molecule has 4 aromatic heterocycles. The van der Waals surface area contributed by atoms with Crippen molar-refractivity contribution in [3.8, 4) is 22.4 Å². The first kappa shape index (κ1) is 24.5. The third-order valence-corrected chi connectivity index (χ3v) is 8.01. The van der Waals surface area contributed by atoms with Gasteiger partial charge in [-0.15, -0.1) is 0 Å². The number of nitrogens with one attached hydrogen (secondary N) is 1. The number of carbonyl (C=O) groups excluding carboxylic acids is 1. The molecule has 1 N–H and O–H groups in total. The Morgan fingerprint density at radius 3 is 2.50 bits per heavy atom. The molecule has 2 fully saturated rings. The maximum Gasteiger partial charge on any atom is 0.259 e. The van der Waals surface area contributed by atoms with Crippen LogP contribution in [-0.4, -0.2) is 77.6 Å². The van der Waals surface area contributed by atoms with E-state index in [1.807, 2.05) is 29.3 Å². The topological polar surface area (TPSA) is 95.8 Å². The summed E-state index contributed by atoms with van der Waals surface area (Å²) < 4.78 is 31.8. The summed E-state index contributed by atoms with van der Waals surface area (Å²) in [5.74, 6) is -2.30. The van der Waals surface area contributed by atoms with Crippen molar-refractivity contribution in [3.05, 3.63) is 84.8 Å². The average molecular weight is 541 g/mol. The first-order valence-corrected chi connectivity index (χ1v) is 13.3. The molecule has 7 rings (SSSR count). The number of fused-ring (bicyclic) bond motifs is 1. The molecule has 0 spiro atoms. The predicted octanol–water partition coefficient (Wildman–Crippen LogP) is 4.32. The van der Waals surface area contributed by atoms with Gasteiger partial charge in [0.25, 0.3) is 5.91 Å². The molecule has 1 amide bonds. The Labute approximate surface area is 228 Å². The number of H-pyrrole nitrogens is 1. The summed E-state index contributed by atoms with van der Waals surface area (Å²) in [6.07, 6.45) is 11.9. The maximum absolute atomic E-state index is 14.9. The summed E-state index contributed by atoms with van der Waals surface area (Å²) in [6.45, 7) is 2.64. The van der Waals surface area contributed by atoms with Gasteiger partial charge in [-0.1, -0.05) is 6.07 Å².